The molecule has 2 nitrogen and oxygen atoms in total. The summed E-state index contributed by atoms with van der Waals surface area (Å²) in [6.07, 6.45) is 0. The van der Waals surface area contributed by atoms with Gasteiger partial charge in [0.25, 0.3) is 0 Å². The third-order valence-corrected chi connectivity index (χ3v) is 6.92. The predicted molar refractivity (Wildman–Crippen MR) is 128 cm³/mol. The van der Waals surface area contributed by atoms with Gasteiger partial charge in [-0.25, -0.2) is 0 Å². The maximum atomic E-state index is 6.39. The number of aryl methyl sites for hydroxylation is 1. The minimum atomic E-state index is -0.0136. The summed E-state index contributed by atoms with van der Waals surface area (Å²) >= 11 is 0. The number of rotatable bonds is 1. The van der Waals surface area contributed by atoms with Crippen LogP contribution in [-0.2, 0) is 12.5 Å². The summed E-state index contributed by atoms with van der Waals surface area (Å²) in [5.74, 6) is 0. The molecule has 0 atom stereocenters. The van der Waals surface area contributed by atoms with E-state index in [-0.39, 0.29) is 5.41 Å². The zero-order chi connectivity index (χ0) is 20.6. The second-order valence-electron chi connectivity index (χ2n) is 8.97. The maximum Gasteiger partial charge on any atom is 0.0569 e. The molecule has 5 aromatic rings. The fourth-order valence-corrected chi connectivity index (χ4v) is 5.43. The second-order valence-corrected chi connectivity index (χ2v) is 8.97. The zero-order valence-corrected chi connectivity index (χ0v) is 17.5. The van der Waals surface area contributed by atoms with Crippen molar-refractivity contribution in [2.75, 3.05) is 5.73 Å². The Morgan fingerprint density at radius 1 is 0.700 bits per heavy atom. The molecule has 2 heteroatoms. The van der Waals surface area contributed by atoms with Crippen molar-refractivity contribution in [1.82, 2.24) is 4.57 Å². The van der Waals surface area contributed by atoms with E-state index in [4.69, 9.17) is 5.73 Å². The fraction of sp³-hybridized carbons (Fsp3) is 0.143. The van der Waals surface area contributed by atoms with Crippen molar-refractivity contribution in [3.05, 3.63) is 90.0 Å². The number of anilines is 1. The number of aromatic nitrogens is 1. The van der Waals surface area contributed by atoms with E-state index in [9.17, 15) is 0 Å². The summed E-state index contributed by atoms with van der Waals surface area (Å²) in [5.41, 5.74) is 17.5. The smallest absolute Gasteiger partial charge is 0.0569 e. The molecule has 1 heterocycles. The molecule has 0 fully saturated rings. The average Bonchev–Trinajstić information content (AvgIpc) is 3.17. The number of hydrogen-bond donors (Lipinski definition) is 1. The van der Waals surface area contributed by atoms with Gasteiger partial charge < -0.3 is 10.3 Å². The normalized spacial score (nSPS) is 14.2. The van der Waals surface area contributed by atoms with Gasteiger partial charge in [-0.2, -0.15) is 0 Å². The van der Waals surface area contributed by atoms with Crippen molar-refractivity contribution < 1.29 is 0 Å². The van der Waals surface area contributed by atoms with E-state index in [0.29, 0.717) is 0 Å². The third-order valence-electron chi connectivity index (χ3n) is 6.92. The van der Waals surface area contributed by atoms with Crippen molar-refractivity contribution in [2.45, 2.75) is 19.3 Å². The molecule has 0 radical (unpaired) electrons. The van der Waals surface area contributed by atoms with Crippen LogP contribution >= 0.6 is 0 Å². The van der Waals surface area contributed by atoms with Crippen LogP contribution in [0.3, 0.4) is 0 Å². The van der Waals surface area contributed by atoms with Gasteiger partial charge in [0.1, 0.15) is 0 Å². The van der Waals surface area contributed by atoms with Crippen LogP contribution in [0.25, 0.3) is 44.1 Å². The van der Waals surface area contributed by atoms with E-state index in [0.717, 1.165) is 5.69 Å². The van der Waals surface area contributed by atoms with Crippen LogP contribution in [0.4, 0.5) is 5.69 Å². The Kier molecular flexibility index (Phi) is 3.33. The fourth-order valence-electron chi connectivity index (χ4n) is 5.43. The summed E-state index contributed by atoms with van der Waals surface area (Å²) in [6.45, 7) is 4.65. The van der Waals surface area contributed by atoms with Crippen molar-refractivity contribution in [3.8, 4) is 22.3 Å². The number of para-hydroxylation sites is 1. The molecule has 0 aliphatic heterocycles. The Bertz CT molecular complexity index is 1480. The van der Waals surface area contributed by atoms with Gasteiger partial charge in [0.05, 0.1) is 5.52 Å². The van der Waals surface area contributed by atoms with Crippen molar-refractivity contribution in [2.24, 2.45) is 7.05 Å². The van der Waals surface area contributed by atoms with Crippen molar-refractivity contribution in [1.29, 1.82) is 0 Å². The predicted octanol–water partition coefficient (Wildman–Crippen LogP) is 6.89. The minimum Gasteiger partial charge on any atom is -0.399 e. The molecular formula is C28H24N2. The molecule has 6 rings (SSSR count). The first kappa shape index (κ1) is 17.3. The molecule has 1 aliphatic rings. The van der Waals surface area contributed by atoms with Gasteiger partial charge >= 0.3 is 0 Å². The van der Waals surface area contributed by atoms with Crippen LogP contribution < -0.4 is 5.73 Å². The van der Waals surface area contributed by atoms with Gasteiger partial charge in [0.15, 0.2) is 0 Å². The lowest BCUT2D eigenvalue weighted by Gasteiger charge is -2.22. The first-order valence-electron chi connectivity index (χ1n) is 10.5. The highest BCUT2D eigenvalue weighted by Gasteiger charge is 2.35. The molecule has 146 valence electrons. The first-order chi connectivity index (χ1) is 14.5. The van der Waals surface area contributed by atoms with E-state index >= 15 is 0 Å². The molecular weight excluding hydrogens is 364 g/mol. The Morgan fingerprint density at radius 2 is 1.43 bits per heavy atom. The standard InChI is InChI=1S/C28H24N2/c1-28(2)24-10-6-4-8-19(24)20-13-12-17(14-25(20)28)22-15-18(29)16-23-21-9-5-7-11-26(21)30(3)27(22)23/h4-16H,29H2,1-3H3. The highest BCUT2D eigenvalue weighted by Crippen LogP contribution is 2.50. The van der Waals surface area contributed by atoms with Crippen LogP contribution in [0.1, 0.15) is 25.0 Å². The minimum absolute atomic E-state index is 0.0136. The monoisotopic (exact) mass is 388 g/mol. The molecule has 0 saturated heterocycles. The molecule has 0 bridgehead atoms. The van der Waals surface area contributed by atoms with Crippen LogP contribution in [0.5, 0.6) is 0 Å². The highest BCUT2D eigenvalue weighted by atomic mass is 14.9. The number of nitrogens with two attached hydrogens (primary N) is 1. The Hall–Kier alpha value is -3.52. The Balaban J connectivity index is 1.66. The SMILES string of the molecule is Cn1c2ccccc2c2cc(N)cc(-c3ccc4c(c3)C(C)(C)c3ccccc3-4)c21. The number of benzene rings is 4. The van der Waals surface area contributed by atoms with Crippen LogP contribution in [0, 0.1) is 0 Å². The van der Waals surface area contributed by atoms with E-state index in [1.54, 1.807) is 0 Å². The van der Waals surface area contributed by atoms with Crippen LogP contribution in [0.2, 0.25) is 0 Å². The zero-order valence-electron chi connectivity index (χ0n) is 17.5. The Labute approximate surface area is 176 Å². The number of hydrogen-bond acceptors (Lipinski definition) is 1. The lowest BCUT2D eigenvalue weighted by molar-refractivity contribution is 0.660. The van der Waals surface area contributed by atoms with E-state index in [1.165, 1.54) is 55.2 Å². The van der Waals surface area contributed by atoms with Gasteiger partial charge in [0, 0.05) is 40.0 Å². The number of fused-ring (bicyclic) bond motifs is 6. The molecule has 0 amide bonds. The lowest BCUT2D eigenvalue weighted by atomic mass is 9.81. The molecule has 1 aromatic heterocycles. The summed E-state index contributed by atoms with van der Waals surface area (Å²) in [4.78, 5) is 0. The van der Waals surface area contributed by atoms with E-state index in [1.807, 2.05) is 0 Å². The highest BCUT2D eigenvalue weighted by molar-refractivity contribution is 6.14. The summed E-state index contributed by atoms with van der Waals surface area (Å²) in [7, 11) is 2.15. The third kappa shape index (κ3) is 2.14. The summed E-state index contributed by atoms with van der Waals surface area (Å²) < 4.78 is 2.30. The van der Waals surface area contributed by atoms with E-state index in [2.05, 4.69) is 104 Å². The summed E-state index contributed by atoms with van der Waals surface area (Å²) in [5, 5.41) is 2.46. The lowest BCUT2D eigenvalue weighted by Crippen LogP contribution is -2.14. The number of nitrogen functional groups attached to an aromatic ring is 1. The van der Waals surface area contributed by atoms with E-state index < -0.39 is 0 Å². The molecule has 4 aromatic carbocycles. The van der Waals surface area contributed by atoms with Crippen LogP contribution in [-0.4, -0.2) is 4.57 Å². The molecule has 30 heavy (non-hydrogen) atoms. The topological polar surface area (TPSA) is 30.9 Å². The first-order valence-corrected chi connectivity index (χ1v) is 10.5. The van der Waals surface area contributed by atoms with Crippen molar-refractivity contribution in [3.63, 3.8) is 0 Å². The van der Waals surface area contributed by atoms with Gasteiger partial charge in [-0.15, -0.1) is 0 Å². The van der Waals surface area contributed by atoms with Gasteiger partial charge in [-0.3, -0.25) is 0 Å². The molecule has 0 unspecified atom stereocenters. The molecule has 0 saturated carbocycles. The van der Waals surface area contributed by atoms with Gasteiger partial charge in [-0.1, -0.05) is 68.4 Å². The quantitative estimate of drug-likeness (QED) is 0.312. The maximum absolute atomic E-state index is 6.39. The molecule has 2 N–H and O–H groups in total. The van der Waals surface area contributed by atoms with Gasteiger partial charge in [-0.05, 0) is 52.1 Å². The Morgan fingerprint density at radius 3 is 2.30 bits per heavy atom. The largest absolute Gasteiger partial charge is 0.399 e. The van der Waals surface area contributed by atoms with Gasteiger partial charge in [0.2, 0.25) is 0 Å². The van der Waals surface area contributed by atoms with Crippen molar-refractivity contribution >= 4 is 27.5 Å². The number of nitrogens with zero attached hydrogens (tertiary/aromatic N) is 1. The second kappa shape index (κ2) is 5.76. The average molecular weight is 389 g/mol. The molecule has 0 spiro atoms. The summed E-state index contributed by atoms with van der Waals surface area (Å²) in [6, 6.07) is 28.5. The molecule has 1 aliphatic carbocycles. The van der Waals surface area contributed by atoms with Crippen LogP contribution in [0.15, 0.2) is 78.9 Å².